The van der Waals surface area contributed by atoms with Gasteiger partial charge in [0.2, 0.25) is 0 Å². The second-order valence-electron chi connectivity index (χ2n) is 4.21. The normalized spacial score (nSPS) is 17.7. The highest BCUT2D eigenvalue weighted by Crippen LogP contribution is 2.45. The van der Waals surface area contributed by atoms with Crippen molar-refractivity contribution in [1.82, 2.24) is 9.55 Å². The Bertz CT molecular complexity index is 366. The molecule has 0 aliphatic heterocycles. The molecule has 0 amide bonds. The number of carbonyl (C=O) groups is 1. The molecule has 1 heterocycles. The molecular weight excluding hydrogens is 190 g/mol. The van der Waals surface area contributed by atoms with E-state index in [0.717, 1.165) is 25.2 Å². The molecule has 1 aromatic rings. The van der Waals surface area contributed by atoms with Crippen molar-refractivity contribution >= 4 is 5.78 Å². The Morgan fingerprint density at radius 1 is 1.67 bits per heavy atom. The van der Waals surface area contributed by atoms with Crippen molar-refractivity contribution < 1.29 is 4.79 Å². The average Bonchev–Trinajstić information content (AvgIpc) is 2.94. The van der Waals surface area contributed by atoms with E-state index < -0.39 is 0 Å². The summed E-state index contributed by atoms with van der Waals surface area (Å²) in [5, 5.41) is 0. The van der Waals surface area contributed by atoms with Gasteiger partial charge in [-0.3, -0.25) is 4.79 Å². The fourth-order valence-electron chi connectivity index (χ4n) is 1.87. The van der Waals surface area contributed by atoms with Gasteiger partial charge in [-0.1, -0.05) is 0 Å². The van der Waals surface area contributed by atoms with Gasteiger partial charge in [0.05, 0.1) is 6.42 Å². The third-order valence-electron chi connectivity index (χ3n) is 3.30. The predicted molar refractivity (Wildman–Crippen MR) is 57.3 cm³/mol. The molecule has 0 unspecified atom stereocenters. The van der Waals surface area contributed by atoms with Gasteiger partial charge in [0.25, 0.3) is 0 Å². The molecular formula is C11H17N3O. The van der Waals surface area contributed by atoms with Gasteiger partial charge in [0.15, 0.2) is 0 Å². The Balaban J connectivity index is 2.06. The minimum atomic E-state index is -0.204. The number of hydrogen-bond acceptors (Lipinski definition) is 3. The standard InChI is InChI=1S/C11H17N3O/c1-2-14-6-5-13-10(14)7-9(15)11(8-12)3-4-11/h5-6H,2-4,7-8,12H2,1H3. The van der Waals surface area contributed by atoms with Crippen LogP contribution in [-0.4, -0.2) is 21.9 Å². The van der Waals surface area contributed by atoms with E-state index in [1.807, 2.05) is 17.7 Å². The highest BCUT2D eigenvalue weighted by atomic mass is 16.1. The van der Waals surface area contributed by atoms with Gasteiger partial charge in [-0.2, -0.15) is 0 Å². The molecule has 0 spiro atoms. The van der Waals surface area contributed by atoms with E-state index in [9.17, 15) is 4.79 Å². The van der Waals surface area contributed by atoms with Crippen LogP contribution in [0.1, 0.15) is 25.6 Å². The van der Waals surface area contributed by atoms with E-state index in [4.69, 9.17) is 5.73 Å². The van der Waals surface area contributed by atoms with Crippen molar-refractivity contribution in [3.05, 3.63) is 18.2 Å². The number of imidazole rings is 1. The zero-order valence-electron chi connectivity index (χ0n) is 9.07. The second kappa shape index (κ2) is 3.77. The van der Waals surface area contributed by atoms with Gasteiger partial charge in [-0.15, -0.1) is 0 Å². The van der Waals surface area contributed by atoms with Crippen molar-refractivity contribution in [2.24, 2.45) is 11.1 Å². The summed E-state index contributed by atoms with van der Waals surface area (Å²) in [6.45, 7) is 3.39. The molecule has 0 saturated heterocycles. The van der Waals surface area contributed by atoms with Crippen molar-refractivity contribution in [2.45, 2.75) is 32.7 Å². The van der Waals surface area contributed by atoms with Crippen LogP contribution in [-0.2, 0) is 17.8 Å². The molecule has 0 atom stereocenters. The molecule has 1 fully saturated rings. The third-order valence-corrected chi connectivity index (χ3v) is 3.30. The summed E-state index contributed by atoms with van der Waals surface area (Å²) in [5.41, 5.74) is 5.42. The SMILES string of the molecule is CCn1ccnc1CC(=O)C1(CN)CC1. The van der Waals surface area contributed by atoms with Crippen LogP contribution in [0, 0.1) is 5.41 Å². The van der Waals surface area contributed by atoms with Crippen LogP contribution in [0.3, 0.4) is 0 Å². The minimum Gasteiger partial charge on any atom is -0.335 e. The quantitative estimate of drug-likeness (QED) is 0.775. The Morgan fingerprint density at radius 2 is 2.40 bits per heavy atom. The van der Waals surface area contributed by atoms with Gasteiger partial charge < -0.3 is 10.3 Å². The number of ketones is 1. The maximum Gasteiger partial charge on any atom is 0.147 e. The lowest BCUT2D eigenvalue weighted by atomic mass is 9.98. The van der Waals surface area contributed by atoms with Crippen LogP contribution in [0.15, 0.2) is 12.4 Å². The number of Topliss-reactive ketones (excluding diaryl/α,β-unsaturated/α-hetero) is 1. The van der Waals surface area contributed by atoms with Crippen LogP contribution in [0.2, 0.25) is 0 Å². The highest BCUT2D eigenvalue weighted by Gasteiger charge is 2.47. The van der Waals surface area contributed by atoms with E-state index in [2.05, 4.69) is 4.98 Å². The Labute approximate surface area is 89.5 Å². The topological polar surface area (TPSA) is 60.9 Å². The van der Waals surface area contributed by atoms with Crippen LogP contribution in [0.25, 0.3) is 0 Å². The Kier molecular flexibility index (Phi) is 2.61. The highest BCUT2D eigenvalue weighted by molar-refractivity contribution is 5.88. The predicted octanol–water partition coefficient (Wildman–Crippen LogP) is 0.753. The van der Waals surface area contributed by atoms with E-state index in [0.29, 0.717) is 13.0 Å². The first-order valence-corrected chi connectivity index (χ1v) is 5.45. The zero-order valence-corrected chi connectivity index (χ0v) is 9.07. The maximum absolute atomic E-state index is 12.0. The number of nitrogens with zero attached hydrogens (tertiary/aromatic N) is 2. The molecule has 0 radical (unpaired) electrons. The summed E-state index contributed by atoms with van der Waals surface area (Å²) < 4.78 is 2.00. The van der Waals surface area contributed by atoms with Gasteiger partial charge in [-0.05, 0) is 19.8 Å². The average molecular weight is 207 g/mol. The molecule has 2 N–H and O–H groups in total. The van der Waals surface area contributed by atoms with Crippen molar-refractivity contribution in [3.8, 4) is 0 Å². The molecule has 0 aromatic carbocycles. The molecule has 4 nitrogen and oxygen atoms in total. The van der Waals surface area contributed by atoms with Crippen molar-refractivity contribution in [1.29, 1.82) is 0 Å². The molecule has 15 heavy (non-hydrogen) atoms. The van der Waals surface area contributed by atoms with Gasteiger partial charge in [-0.25, -0.2) is 4.98 Å². The van der Waals surface area contributed by atoms with Gasteiger partial charge in [0.1, 0.15) is 11.6 Å². The lowest BCUT2D eigenvalue weighted by Gasteiger charge is -2.11. The van der Waals surface area contributed by atoms with Crippen molar-refractivity contribution in [2.75, 3.05) is 6.54 Å². The summed E-state index contributed by atoms with van der Waals surface area (Å²) in [5.74, 6) is 1.12. The number of rotatable bonds is 5. The fourth-order valence-corrected chi connectivity index (χ4v) is 1.87. The van der Waals surface area contributed by atoms with E-state index in [1.165, 1.54) is 0 Å². The molecule has 82 valence electrons. The van der Waals surface area contributed by atoms with E-state index in [-0.39, 0.29) is 11.2 Å². The fraction of sp³-hybridized carbons (Fsp3) is 0.636. The minimum absolute atomic E-state index is 0.204. The molecule has 4 heteroatoms. The summed E-state index contributed by atoms with van der Waals surface area (Å²) in [7, 11) is 0. The Morgan fingerprint density at radius 3 is 2.93 bits per heavy atom. The summed E-state index contributed by atoms with van der Waals surface area (Å²) in [6, 6.07) is 0. The maximum atomic E-state index is 12.0. The van der Waals surface area contributed by atoms with Crippen LogP contribution in [0.5, 0.6) is 0 Å². The summed E-state index contributed by atoms with van der Waals surface area (Å²) in [6.07, 6.45) is 5.99. The third kappa shape index (κ3) is 1.81. The lowest BCUT2D eigenvalue weighted by Crippen LogP contribution is -2.27. The number of aromatic nitrogens is 2. The van der Waals surface area contributed by atoms with E-state index >= 15 is 0 Å². The summed E-state index contributed by atoms with van der Waals surface area (Å²) in [4.78, 5) is 16.2. The van der Waals surface area contributed by atoms with E-state index in [1.54, 1.807) is 6.20 Å². The van der Waals surface area contributed by atoms with Crippen molar-refractivity contribution in [3.63, 3.8) is 0 Å². The monoisotopic (exact) mass is 207 g/mol. The first-order valence-electron chi connectivity index (χ1n) is 5.45. The Hall–Kier alpha value is -1.16. The zero-order chi connectivity index (χ0) is 10.9. The number of hydrogen-bond donors (Lipinski definition) is 1. The van der Waals surface area contributed by atoms with Gasteiger partial charge >= 0.3 is 0 Å². The molecule has 1 aliphatic rings. The summed E-state index contributed by atoms with van der Waals surface area (Å²) >= 11 is 0. The number of nitrogens with two attached hydrogens (primary N) is 1. The largest absolute Gasteiger partial charge is 0.335 e. The van der Waals surface area contributed by atoms with Crippen LogP contribution in [0.4, 0.5) is 0 Å². The molecule has 1 aliphatic carbocycles. The lowest BCUT2D eigenvalue weighted by molar-refractivity contribution is -0.123. The van der Waals surface area contributed by atoms with Crippen LogP contribution >= 0.6 is 0 Å². The first kappa shape index (κ1) is 10.4. The van der Waals surface area contributed by atoms with Gasteiger partial charge in [0, 0.05) is 30.9 Å². The smallest absolute Gasteiger partial charge is 0.147 e. The number of aryl methyl sites for hydroxylation is 1. The van der Waals surface area contributed by atoms with Crippen LogP contribution < -0.4 is 5.73 Å². The molecule has 0 bridgehead atoms. The second-order valence-corrected chi connectivity index (χ2v) is 4.21. The molecule has 1 saturated carbocycles. The first-order chi connectivity index (χ1) is 7.22. The molecule has 1 aromatic heterocycles. The molecule has 2 rings (SSSR count). The number of carbonyl (C=O) groups excluding carboxylic acids is 1.